The van der Waals surface area contributed by atoms with E-state index in [1.54, 1.807) is 24.3 Å². The summed E-state index contributed by atoms with van der Waals surface area (Å²) in [4.78, 5) is 23.1. The third-order valence-corrected chi connectivity index (χ3v) is 10.3. The Morgan fingerprint density at radius 1 is 1.06 bits per heavy atom. The smallest absolute Gasteiger partial charge is 0.257 e. The molecule has 50 heavy (non-hydrogen) atoms. The zero-order valence-corrected chi connectivity index (χ0v) is 30.3. The number of likely N-dealkylation sites (N-methyl/N-ethyl adjacent to an activating group) is 1. The number of para-hydroxylation sites is 2. The summed E-state index contributed by atoms with van der Waals surface area (Å²) < 4.78 is 13.5. The molecule has 1 saturated heterocycles. The lowest BCUT2D eigenvalue weighted by atomic mass is 9.93. The lowest BCUT2D eigenvalue weighted by Crippen LogP contribution is -2.40. The van der Waals surface area contributed by atoms with Crippen molar-refractivity contribution in [2.45, 2.75) is 50.7 Å². The number of aromatic nitrogens is 2. The number of hydrogen-bond donors (Lipinski definition) is 1. The first-order chi connectivity index (χ1) is 24.3. The molecule has 6 rings (SSSR count). The first kappa shape index (κ1) is 35.8. The molecule has 0 spiro atoms. The molecule has 1 N–H and O–H groups in total. The zero-order chi connectivity index (χ0) is 35.0. The highest BCUT2D eigenvalue weighted by Gasteiger charge is 2.26. The molecule has 1 fully saturated rings. The Hall–Kier alpha value is -4.03. The number of nitrogens with one attached hydrogen (secondary N) is 1. The predicted molar refractivity (Wildman–Crippen MR) is 199 cm³/mol. The van der Waals surface area contributed by atoms with Gasteiger partial charge in [-0.25, -0.2) is 4.98 Å². The highest BCUT2D eigenvalue weighted by molar-refractivity contribution is 6.42. The lowest BCUT2D eigenvalue weighted by molar-refractivity contribution is 0.0778. The Morgan fingerprint density at radius 2 is 1.88 bits per heavy atom. The number of methoxy groups -OCH3 is 1. The van der Waals surface area contributed by atoms with Gasteiger partial charge < -0.3 is 29.2 Å². The van der Waals surface area contributed by atoms with Crippen molar-refractivity contribution < 1.29 is 14.3 Å². The molecule has 0 saturated carbocycles. The van der Waals surface area contributed by atoms with E-state index in [-0.39, 0.29) is 17.9 Å². The minimum Gasteiger partial charge on any atom is -0.496 e. The molecular weight excluding hydrogens is 675 g/mol. The van der Waals surface area contributed by atoms with Crippen LogP contribution in [-0.4, -0.2) is 91.1 Å². The molecule has 2 atom stereocenters. The summed E-state index contributed by atoms with van der Waals surface area (Å²) in [5, 5.41) is 16.5. The van der Waals surface area contributed by atoms with Crippen LogP contribution in [-0.2, 0) is 11.3 Å². The topological polar surface area (TPSA) is 109 Å². The van der Waals surface area contributed by atoms with Gasteiger partial charge in [0.25, 0.3) is 5.91 Å². The number of piperidine rings is 1. The number of carbonyl (C=O) groups excluding carboxylic acids is 1. The molecule has 264 valence electrons. The highest BCUT2D eigenvalue weighted by Crippen LogP contribution is 2.32. The van der Waals surface area contributed by atoms with Gasteiger partial charge in [-0.15, -0.1) is 5.10 Å². The van der Waals surface area contributed by atoms with Crippen molar-refractivity contribution in [2.75, 3.05) is 58.9 Å². The maximum atomic E-state index is 13.9. The minimum atomic E-state index is -0.317. The summed E-state index contributed by atoms with van der Waals surface area (Å²) in [5.41, 5.74) is 4.45. The molecule has 2 aliphatic rings. The molecule has 2 unspecified atom stereocenters. The van der Waals surface area contributed by atoms with Crippen LogP contribution in [0.1, 0.15) is 59.6 Å². The summed E-state index contributed by atoms with van der Waals surface area (Å²) in [6, 6.07) is 19.5. The molecule has 3 heterocycles. The van der Waals surface area contributed by atoms with E-state index >= 15 is 0 Å². The second-order valence-corrected chi connectivity index (χ2v) is 13.6. The van der Waals surface area contributed by atoms with Crippen molar-refractivity contribution >= 4 is 52.3 Å². The van der Waals surface area contributed by atoms with Crippen molar-refractivity contribution in [2.24, 2.45) is 15.4 Å². The van der Waals surface area contributed by atoms with E-state index in [1.165, 1.54) is 0 Å². The van der Waals surface area contributed by atoms with Crippen molar-refractivity contribution in [3.63, 3.8) is 0 Å². The maximum absolute atomic E-state index is 13.9. The number of imidazole rings is 1. The highest BCUT2D eigenvalue weighted by atomic mass is 35.5. The lowest BCUT2D eigenvalue weighted by Gasteiger charge is -2.34. The van der Waals surface area contributed by atoms with Crippen LogP contribution in [0.15, 0.2) is 76.1 Å². The van der Waals surface area contributed by atoms with Crippen LogP contribution in [0.2, 0.25) is 10.0 Å². The normalized spacial score (nSPS) is 17.0. The first-order valence-electron chi connectivity index (χ1n) is 17.2. The van der Waals surface area contributed by atoms with Crippen molar-refractivity contribution in [3.05, 3.63) is 87.4 Å². The van der Waals surface area contributed by atoms with Gasteiger partial charge in [0.15, 0.2) is 0 Å². The Labute approximate surface area is 303 Å². The molecule has 0 bridgehead atoms. The van der Waals surface area contributed by atoms with Crippen LogP contribution in [0.25, 0.3) is 11.0 Å². The SMILES string of the molecule is CCOCCn1c(NC2CCN(CCC(CN(C)C(=O)c3cc(C4C=NN=N4)ccc3OC)c3ccc(Cl)c(Cl)c3)CC2)nc2ccccc21. The van der Waals surface area contributed by atoms with Gasteiger partial charge in [0, 0.05) is 51.8 Å². The van der Waals surface area contributed by atoms with E-state index in [0.717, 1.165) is 73.6 Å². The number of halogens is 2. The van der Waals surface area contributed by atoms with E-state index in [2.05, 4.69) is 48.4 Å². The molecular formula is C37H44Cl2N8O3. The van der Waals surface area contributed by atoms with Crippen LogP contribution in [0.5, 0.6) is 5.75 Å². The second kappa shape index (κ2) is 16.8. The van der Waals surface area contributed by atoms with Crippen LogP contribution in [0.4, 0.5) is 5.95 Å². The number of hydrogen-bond acceptors (Lipinski definition) is 9. The number of ether oxygens (including phenoxy) is 2. The monoisotopic (exact) mass is 718 g/mol. The quantitative estimate of drug-likeness (QED) is 0.126. The number of fused-ring (bicyclic) bond motifs is 1. The first-order valence-corrected chi connectivity index (χ1v) is 17.9. The number of rotatable bonds is 15. The summed E-state index contributed by atoms with van der Waals surface area (Å²) in [5.74, 6) is 1.30. The second-order valence-electron chi connectivity index (χ2n) is 12.8. The van der Waals surface area contributed by atoms with Gasteiger partial charge in [-0.3, -0.25) is 4.79 Å². The minimum absolute atomic E-state index is 0.0322. The summed E-state index contributed by atoms with van der Waals surface area (Å²) in [6.07, 6.45) is 4.51. The molecule has 3 aromatic carbocycles. The number of nitrogens with zero attached hydrogens (tertiary/aromatic N) is 7. The van der Waals surface area contributed by atoms with Gasteiger partial charge in [0.05, 0.1) is 46.6 Å². The summed E-state index contributed by atoms with van der Waals surface area (Å²) in [7, 11) is 3.40. The number of likely N-dealkylation sites (tertiary alicyclic amines) is 1. The Balaban J connectivity index is 1.10. The fourth-order valence-electron chi connectivity index (χ4n) is 6.72. The molecule has 0 aliphatic carbocycles. The van der Waals surface area contributed by atoms with Crippen LogP contribution in [0.3, 0.4) is 0 Å². The van der Waals surface area contributed by atoms with Crippen molar-refractivity contribution in [1.29, 1.82) is 0 Å². The van der Waals surface area contributed by atoms with E-state index in [4.69, 9.17) is 37.7 Å². The Kier molecular flexibility index (Phi) is 12.0. The average Bonchev–Trinajstić information content (AvgIpc) is 3.80. The molecule has 13 heteroatoms. The molecule has 2 aliphatic heterocycles. The number of carbonyl (C=O) groups is 1. The fraction of sp³-hybridized carbons (Fsp3) is 0.432. The van der Waals surface area contributed by atoms with Crippen molar-refractivity contribution in [1.82, 2.24) is 19.4 Å². The van der Waals surface area contributed by atoms with Gasteiger partial charge >= 0.3 is 0 Å². The third kappa shape index (κ3) is 8.46. The summed E-state index contributed by atoms with van der Waals surface area (Å²) in [6.45, 7) is 7.41. The predicted octanol–water partition coefficient (Wildman–Crippen LogP) is 7.70. The van der Waals surface area contributed by atoms with E-state index in [1.807, 2.05) is 50.4 Å². The maximum Gasteiger partial charge on any atom is 0.257 e. The van der Waals surface area contributed by atoms with E-state index in [0.29, 0.717) is 47.2 Å². The molecule has 4 aromatic rings. The third-order valence-electron chi connectivity index (χ3n) is 9.52. The zero-order valence-electron chi connectivity index (χ0n) is 28.8. The largest absolute Gasteiger partial charge is 0.496 e. The summed E-state index contributed by atoms with van der Waals surface area (Å²) >= 11 is 12.8. The van der Waals surface area contributed by atoms with E-state index in [9.17, 15) is 4.79 Å². The number of anilines is 1. The molecule has 0 radical (unpaired) electrons. The number of amides is 1. The van der Waals surface area contributed by atoms with Crippen LogP contribution in [0, 0.1) is 0 Å². The Morgan fingerprint density at radius 3 is 2.62 bits per heavy atom. The molecule has 1 amide bonds. The Bertz CT molecular complexity index is 1830. The average molecular weight is 720 g/mol. The number of benzene rings is 3. The van der Waals surface area contributed by atoms with Crippen LogP contribution < -0.4 is 10.1 Å². The molecule has 1 aromatic heterocycles. The standard InChI is InChI=1S/C37H44Cl2N8O3/c1-4-50-20-19-47-34-8-6-5-7-32(34)42-37(47)41-28-14-17-46(18-15-28)16-13-27(25-9-11-30(38)31(39)22-25)24-45(2)36(48)29-21-26(10-12-35(29)49-3)33-23-40-44-43-33/h5-12,21-23,27-28,33H,4,13-20,24H2,1-3H3,(H,41,42). The molecule has 11 nitrogen and oxygen atoms in total. The fourth-order valence-corrected chi connectivity index (χ4v) is 7.03. The van der Waals surface area contributed by atoms with Crippen molar-refractivity contribution in [3.8, 4) is 5.75 Å². The van der Waals surface area contributed by atoms with Gasteiger partial charge in [-0.05, 0) is 85.5 Å². The van der Waals surface area contributed by atoms with E-state index < -0.39 is 0 Å². The van der Waals surface area contributed by atoms with Crippen LogP contribution >= 0.6 is 23.2 Å². The van der Waals surface area contributed by atoms with Gasteiger partial charge in [-0.2, -0.15) is 5.11 Å². The van der Waals surface area contributed by atoms with Gasteiger partial charge in [0.1, 0.15) is 11.8 Å². The van der Waals surface area contributed by atoms with Gasteiger partial charge in [0.2, 0.25) is 5.95 Å². The van der Waals surface area contributed by atoms with Gasteiger partial charge in [-0.1, -0.05) is 47.5 Å².